The molecular weight excluding hydrogens is 228 g/mol. The maximum Gasteiger partial charge on any atom is 0.326 e. The molecule has 1 aliphatic carbocycles. The molecule has 0 aliphatic heterocycles. The molecule has 1 aliphatic rings. The first-order valence-electron chi connectivity index (χ1n) is 5.29. The van der Waals surface area contributed by atoms with Gasteiger partial charge in [-0.25, -0.2) is 9.59 Å². The smallest absolute Gasteiger partial charge is 0.326 e. The van der Waals surface area contributed by atoms with Crippen molar-refractivity contribution in [1.29, 1.82) is 0 Å². The van der Waals surface area contributed by atoms with Gasteiger partial charge in [0.05, 0.1) is 0 Å². The third kappa shape index (κ3) is 3.92. The summed E-state index contributed by atoms with van der Waals surface area (Å²) in [6.45, 7) is 0.629. The van der Waals surface area contributed by atoms with E-state index in [9.17, 15) is 9.59 Å². The van der Waals surface area contributed by atoms with E-state index in [1.54, 1.807) is 18.8 Å². The fourth-order valence-electron chi connectivity index (χ4n) is 1.38. The summed E-state index contributed by atoms with van der Waals surface area (Å²) in [5.74, 6) is 0.0370. The van der Waals surface area contributed by atoms with E-state index < -0.39 is 12.0 Å². The SMILES string of the molecule is CSCCN(C)C(=O)NC(C(=O)O)C1CC1. The van der Waals surface area contributed by atoms with Gasteiger partial charge in [0.2, 0.25) is 0 Å². The predicted octanol–water partition coefficient (Wildman–Crippen LogP) is 0.854. The van der Waals surface area contributed by atoms with E-state index in [1.165, 1.54) is 4.90 Å². The summed E-state index contributed by atoms with van der Waals surface area (Å²) in [5.41, 5.74) is 0. The van der Waals surface area contributed by atoms with Crippen molar-refractivity contribution < 1.29 is 14.7 Å². The Labute approximate surface area is 99.6 Å². The number of carbonyl (C=O) groups is 2. The lowest BCUT2D eigenvalue weighted by Gasteiger charge is -2.20. The number of aliphatic carboxylic acids is 1. The van der Waals surface area contributed by atoms with Gasteiger partial charge in [-0.2, -0.15) is 11.8 Å². The Bertz CT molecular complexity index is 269. The molecule has 1 fully saturated rings. The molecule has 0 heterocycles. The minimum Gasteiger partial charge on any atom is -0.480 e. The van der Waals surface area contributed by atoms with Crippen molar-refractivity contribution in [1.82, 2.24) is 10.2 Å². The van der Waals surface area contributed by atoms with Crippen LogP contribution in [0.15, 0.2) is 0 Å². The van der Waals surface area contributed by atoms with E-state index in [1.807, 2.05) is 6.26 Å². The Balaban J connectivity index is 2.38. The van der Waals surface area contributed by atoms with Gasteiger partial charge < -0.3 is 15.3 Å². The molecule has 1 saturated carbocycles. The number of amides is 2. The van der Waals surface area contributed by atoms with Crippen LogP contribution in [-0.2, 0) is 4.79 Å². The monoisotopic (exact) mass is 246 g/mol. The number of hydrogen-bond donors (Lipinski definition) is 2. The molecule has 16 heavy (non-hydrogen) atoms. The van der Waals surface area contributed by atoms with Crippen molar-refractivity contribution in [2.45, 2.75) is 18.9 Å². The first-order valence-corrected chi connectivity index (χ1v) is 6.69. The normalized spacial score (nSPS) is 16.6. The lowest BCUT2D eigenvalue weighted by atomic mass is 10.2. The Morgan fingerprint density at radius 2 is 2.19 bits per heavy atom. The summed E-state index contributed by atoms with van der Waals surface area (Å²) in [4.78, 5) is 24.1. The molecule has 0 radical (unpaired) electrons. The number of carbonyl (C=O) groups excluding carboxylic acids is 1. The average molecular weight is 246 g/mol. The van der Waals surface area contributed by atoms with Gasteiger partial charge in [0.1, 0.15) is 6.04 Å². The Kier molecular flexibility index (Phi) is 4.92. The van der Waals surface area contributed by atoms with E-state index in [0.717, 1.165) is 18.6 Å². The molecule has 0 aromatic heterocycles. The first-order chi connectivity index (χ1) is 7.56. The van der Waals surface area contributed by atoms with Crippen molar-refractivity contribution in [3.63, 3.8) is 0 Å². The number of rotatable bonds is 6. The minimum atomic E-state index is -0.936. The van der Waals surface area contributed by atoms with E-state index in [4.69, 9.17) is 5.11 Å². The highest BCUT2D eigenvalue weighted by molar-refractivity contribution is 7.98. The number of urea groups is 1. The maximum absolute atomic E-state index is 11.6. The van der Waals surface area contributed by atoms with Gasteiger partial charge in [0.25, 0.3) is 0 Å². The third-order valence-electron chi connectivity index (χ3n) is 2.62. The zero-order chi connectivity index (χ0) is 12.1. The third-order valence-corrected chi connectivity index (χ3v) is 3.21. The van der Waals surface area contributed by atoms with Gasteiger partial charge in [-0.3, -0.25) is 0 Å². The summed E-state index contributed by atoms with van der Waals surface area (Å²) < 4.78 is 0. The maximum atomic E-state index is 11.6. The highest BCUT2D eigenvalue weighted by atomic mass is 32.2. The van der Waals surface area contributed by atoms with Crippen LogP contribution < -0.4 is 5.32 Å². The molecule has 2 N–H and O–H groups in total. The molecule has 6 heteroatoms. The molecule has 1 rings (SSSR count). The predicted molar refractivity (Wildman–Crippen MR) is 63.7 cm³/mol. The molecule has 0 saturated heterocycles. The van der Waals surface area contributed by atoms with E-state index in [0.29, 0.717) is 6.54 Å². The number of nitrogens with one attached hydrogen (secondary N) is 1. The summed E-state index contributed by atoms with van der Waals surface area (Å²) in [6, 6.07) is -1.02. The first kappa shape index (κ1) is 13.2. The van der Waals surface area contributed by atoms with Crippen LogP contribution in [-0.4, -0.2) is 53.6 Å². The Morgan fingerprint density at radius 3 is 2.62 bits per heavy atom. The number of hydrogen-bond acceptors (Lipinski definition) is 3. The number of nitrogens with zero attached hydrogens (tertiary/aromatic N) is 1. The molecule has 1 atom stereocenters. The number of carboxylic acids is 1. The number of thioether (sulfide) groups is 1. The topological polar surface area (TPSA) is 69.6 Å². The highest BCUT2D eigenvalue weighted by Crippen LogP contribution is 2.32. The van der Waals surface area contributed by atoms with Crippen molar-refractivity contribution in [3.05, 3.63) is 0 Å². The van der Waals surface area contributed by atoms with Gasteiger partial charge in [0.15, 0.2) is 0 Å². The molecule has 5 nitrogen and oxygen atoms in total. The van der Waals surface area contributed by atoms with E-state index in [-0.39, 0.29) is 11.9 Å². The van der Waals surface area contributed by atoms with Crippen LogP contribution in [0.4, 0.5) is 4.79 Å². The second-order valence-corrected chi connectivity index (χ2v) is 5.00. The van der Waals surface area contributed by atoms with Crippen LogP contribution in [0.25, 0.3) is 0 Å². The van der Waals surface area contributed by atoms with Gasteiger partial charge in [-0.05, 0) is 25.0 Å². The van der Waals surface area contributed by atoms with Gasteiger partial charge in [-0.15, -0.1) is 0 Å². The zero-order valence-electron chi connectivity index (χ0n) is 9.60. The van der Waals surface area contributed by atoms with Gasteiger partial charge in [0, 0.05) is 19.3 Å². The number of carboxylic acid groups (broad SMARTS) is 1. The van der Waals surface area contributed by atoms with Crippen molar-refractivity contribution in [2.24, 2.45) is 5.92 Å². The van der Waals surface area contributed by atoms with Gasteiger partial charge >= 0.3 is 12.0 Å². The second-order valence-electron chi connectivity index (χ2n) is 4.02. The van der Waals surface area contributed by atoms with E-state index >= 15 is 0 Å². The standard InChI is InChI=1S/C10H18N2O3S/c1-12(5-6-16-2)10(15)11-8(9(13)14)7-3-4-7/h7-8H,3-6H2,1-2H3,(H,11,15)(H,13,14). The van der Waals surface area contributed by atoms with Crippen LogP contribution in [0, 0.1) is 5.92 Å². The van der Waals surface area contributed by atoms with Crippen molar-refractivity contribution >= 4 is 23.8 Å². The molecule has 2 amide bonds. The van der Waals surface area contributed by atoms with E-state index in [2.05, 4.69) is 5.32 Å². The van der Waals surface area contributed by atoms with Crippen LogP contribution in [0.1, 0.15) is 12.8 Å². The second kappa shape index (κ2) is 5.98. The zero-order valence-corrected chi connectivity index (χ0v) is 10.4. The summed E-state index contributed by atoms with van der Waals surface area (Å²) in [6.07, 6.45) is 3.76. The molecule has 0 bridgehead atoms. The molecular formula is C10H18N2O3S. The average Bonchev–Trinajstić information content (AvgIpc) is 3.05. The van der Waals surface area contributed by atoms with Crippen LogP contribution in [0.3, 0.4) is 0 Å². The lowest BCUT2D eigenvalue weighted by Crippen LogP contribution is -2.48. The van der Waals surface area contributed by atoms with Crippen LogP contribution >= 0.6 is 11.8 Å². The Hall–Kier alpha value is -0.910. The highest BCUT2D eigenvalue weighted by Gasteiger charge is 2.37. The van der Waals surface area contributed by atoms with Gasteiger partial charge in [-0.1, -0.05) is 0 Å². The summed E-state index contributed by atoms with van der Waals surface area (Å²) in [5, 5.41) is 11.5. The molecule has 0 spiro atoms. The summed E-state index contributed by atoms with van der Waals surface area (Å²) in [7, 11) is 1.68. The Morgan fingerprint density at radius 1 is 1.56 bits per heavy atom. The fourth-order valence-corrected chi connectivity index (χ4v) is 1.84. The summed E-state index contributed by atoms with van der Waals surface area (Å²) >= 11 is 1.65. The van der Waals surface area contributed by atoms with Crippen molar-refractivity contribution in [2.75, 3.05) is 25.6 Å². The fraction of sp³-hybridized carbons (Fsp3) is 0.800. The minimum absolute atomic E-state index is 0.121. The molecule has 0 aromatic rings. The quantitative estimate of drug-likeness (QED) is 0.729. The largest absolute Gasteiger partial charge is 0.480 e. The molecule has 92 valence electrons. The van der Waals surface area contributed by atoms with Crippen LogP contribution in [0.5, 0.6) is 0 Å². The van der Waals surface area contributed by atoms with Crippen molar-refractivity contribution in [3.8, 4) is 0 Å². The van der Waals surface area contributed by atoms with Crippen LogP contribution in [0.2, 0.25) is 0 Å². The lowest BCUT2D eigenvalue weighted by molar-refractivity contribution is -0.139. The molecule has 0 aromatic carbocycles. The molecule has 1 unspecified atom stereocenters.